The molecule has 4 aliphatic rings. The molecule has 1 amide bonds. The molecule has 4 bridgehead atoms. The minimum atomic E-state index is 0.0135. The molecule has 2 aromatic carbocycles. The fourth-order valence-corrected chi connectivity index (χ4v) is 6.34. The van der Waals surface area contributed by atoms with Crippen LogP contribution in [0.3, 0.4) is 0 Å². The average molecular weight is 388 g/mol. The van der Waals surface area contributed by atoms with Crippen LogP contribution in [0.2, 0.25) is 0 Å². The zero-order chi connectivity index (χ0) is 19.8. The van der Waals surface area contributed by atoms with Crippen molar-refractivity contribution < 1.29 is 9.53 Å². The maximum atomic E-state index is 13.6. The lowest BCUT2D eigenvalue weighted by atomic mass is 9.53. The van der Waals surface area contributed by atoms with Crippen molar-refractivity contribution in [2.75, 3.05) is 7.11 Å². The van der Waals surface area contributed by atoms with Crippen LogP contribution in [0.1, 0.15) is 49.7 Å². The number of methoxy groups -OCH3 is 1. The van der Waals surface area contributed by atoms with Gasteiger partial charge in [0.05, 0.1) is 7.11 Å². The molecule has 3 nitrogen and oxygen atoms in total. The van der Waals surface area contributed by atoms with Crippen molar-refractivity contribution in [3.8, 4) is 5.75 Å². The summed E-state index contributed by atoms with van der Waals surface area (Å²) in [6.07, 6.45) is 9.62. The largest absolute Gasteiger partial charge is 0.497 e. The second-order valence-corrected chi connectivity index (χ2v) is 9.35. The van der Waals surface area contributed by atoms with E-state index in [1.807, 2.05) is 60.7 Å². The van der Waals surface area contributed by atoms with Gasteiger partial charge < -0.3 is 10.1 Å². The van der Waals surface area contributed by atoms with E-state index in [-0.39, 0.29) is 11.4 Å². The number of benzene rings is 2. The Hall–Kier alpha value is -2.55. The van der Waals surface area contributed by atoms with E-state index in [9.17, 15) is 4.79 Å². The topological polar surface area (TPSA) is 38.3 Å². The van der Waals surface area contributed by atoms with Crippen molar-refractivity contribution in [3.63, 3.8) is 0 Å². The molecule has 6 rings (SSSR count). The molecule has 0 spiro atoms. The quantitative estimate of drug-likeness (QED) is 0.557. The van der Waals surface area contributed by atoms with Crippen LogP contribution in [-0.4, -0.2) is 18.6 Å². The SMILES string of the molecule is COc1ccc(/C=C(/C(=O)NC23CC4CC(CC(C4)C2)C3)c2ccccc2)cc1. The third kappa shape index (κ3) is 3.71. The van der Waals surface area contributed by atoms with Gasteiger partial charge in [-0.2, -0.15) is 0 Å². The molecule has 3 heteroatoms. The molecule has 0 aliphatic heterocycles. The van der Waals surface area contributed by atoms with Gasteiger partial charge in [0.1, 0.15) is 5.75 Å². The summed E-state index contributed by atoms with van der Waals surface area (Å²) in [5, 5.41) is 3.53. The van der Waals surface area contributed by atoms with Gasteiger partial charge in [0.25, 0.3) is 5.91 Å². The van der Waals surface area contributed by atoms with Gasteiger partial charge >= 0.3 is 0 Å². The summed E-state index contributed by atoms with van der Waals surface area (Å²) in [7, 11) is 1.67. The Morgan fingerprint density at radius 3 is 2.07 bits per heavy atom. The van der Waals surface area contributed by atoms with Crippen LogP contribution in [0, 0.1) is 17.8 Å². The van der Waals surface area contributed by atoms with Crippen molar-refractivity contribution in [2.24, 2.45) is 17.8 Å². The summed E-state index contributed by atoms with van der Waals surface area (Å²) in [5.41, 5.74) is 2.72. The van der Waals surface area contributed by atoms with E-state index in [0.717, 1.165) is 59.5 Å². The molecule has 0 radical (unpaired) electrons. The van der Waals surface area contributed by atoms with E-state index in [4.69, 9.17) is 4.74 Å². The molecule has 0 unspecified atom stereocenters. The first-order valence-electron chi connectivity index (χ1n) is 10.9. The van der Waals surface area contributed by atoms with Crippen LogP contribution in [-0.2, 0) is 4.79 Å². The van der Waals surface area contributed by atoms with Crippen molar-refractivity contribution in [3.05, 3.63) is 65.7 Å². The van der Waals surface area contributed by atoms with Gasteiger partial charge in [-0.05, 0) is 85.6 Å². The molecule has 1 N–H and O–H groups in total. The Morgan fingerprint density at radius 2 is 1.52 bits per heavy atom. The number of rotatable bonds is 5. The van der Waals surface area contributed by atoms with Crippen LogP contribution in [0.25, 0.3) is 11.6 Å². The van der Waals surface area contributed by atoms with Gasteiger partial charge in [-0.15, -0.1) is 0 Å². The Morgan fingerprint density at radius 1 is 0.931 bits per heavy atom. The lowest BCUT2D eigenvalue weighted by molar-refractivity contribution is -0.121. The summed E-state index contributed by atoms with van der Waals surface area (Å²) >= 11 is 0. The molecule has 4 aliphatic carbocycles. The van der Waals surface area contributed by atoms with Crippen LogP contribution in [0.4, 0.5) is 0 Å². The first kappa shape index (κ1) is 18.5. The molecule has 0 heterocycles. The molecule has 0 saturated heterocycles. The highest BCUT2D eigenvalue weighted by molar-refractivity contribution is 6.24. The standard InChI is InChI=1S/C26H29NO2/c1-29-23-9-7-18(8-10-23)14-24(22-5-3-2-4-6-22)25(28)27-26-15-19-11-20(16-26)13-21(12-19)17-26/h2-10,14,19-21H,11-13,15-17H2,1H3,(H,27,28)/b24-14+. The molecule has 0 atom stereocenters. The van der Waals surface area contributed by atoms with E-state index in [2.05, 4.69) is 5.32 Å². The molecule has 2 aromatic rings. The number of ether oxygens (including phenoxy) is 1. The normalized spacial score (nSPS) is 30.2. The van der Waals surface area contributed by atoms with Gasteiger partial charge in [0.15, 0.2) is 0 Å². The van der Waals surface area contributed by atoms with Gasteiger partial charge in [-0.1, -0.05) is 42.5 Å². The number of nitrogens with one attached hydrogen (secondary N) is 1. The first-order chi connectivity index (χ1) is 14.1. The van der Waals surface area contributed by atoms with E-state index in [0.29, 0.717) is 0 Å². The van der Waals surface area contributed by atoms with Crippen LogP contribution in [0.15, 0.2) is 54.6 Å². The predicted molar refractivity (Wildman–Crippen MR) is 116 cm³/mol. The highest BCUT2D eigenvalue weighted by Crippen LogP contribution is 2.55. The van der Waals surface area contributed by atoms with Crippen LogP contribution in [0.5, 0.6) is 5.75 Å². The molecule has 150 valence electrons. The van der Waals surface area contributed by atoms with Gasteiger partial charge in [0, 0.05) is 11.1 Å². The van der Waals surface area contributed by atoms with Crippen molar-refractivity contribution in [2.45, 2.75) is 44.1 Å². The van der Waals surface area contributed by atoms with Crippen molar-refractivity contribution >= 4 is 17.6 Å². The number of carbonyl (C=O) groups is 1. The molecule has 29 heavy (non-hydrogen) atoms. The molecule has 4 saturated carbocycles. The summed E-state index contributed by atoms with van der Waals surface area (Å²) in [6, 6.07) is 17.9. The van der Waals surface area contributed by atoms with Crippen LogP contribution >= 0.6 is 0 Å². The van der Waals surface area contributed by atoms with E-state index >= 15 is 0 Å². The minimum absolute atomic E-state index is 0.0135. The molecular weight excluding hydrogens is 358 g/mol. The highest BCUT2D eigenvalue weighted by Gasteiger charge is 2.51. The maximum absolute atomic E-state index is 13.6. The van der Waals surface area contributed by atoms with Gasteiger partial charge in [-0.3, -0.25) is 4.79 Å². The smallest absolute Gasteiger partial charge is 0.252 e. The number of carbonyl (C=O) groups excluding carboxylic acids is 1. The maximum Gasteiger partial charge on any atom is 0.252 e. The van der Waals surface area contributed by atoms with Crippen LogP contribution < -0.4 is 10.1 Å². The molecular formula is C26H29NO2. The number of hydrogen-bond acceptors (Lipinski definition) is 2. The minimum Gasteiger partial charge on any atom is -0.497 e. The third-order valence-electron chi connectivity index (χ3n) is 7.17. The molecule has 0 aromatic heterocycles. The summed E-state index contributed by atoms with van der Waals surface area (Å²) in [6.45, 7) is 0. The van der Waals surface area contributed by atoms with E-state index < -0.39 is 0 Å². The zero-order valence-electron chi connectivity index (χ0n) is 17.1. The Bertz CT molecular complexity index is 878. The number of hydrogen-bond donors (Lipinski definition) is 1. The zero-order valence-corrected chi connectivity index (χ0v) is 17.1. The Balaban J connectivity index is 1.44. The fraction of sp³-hybridized carbons (Fsp3) is 0.423. The van der Waals surface area contributed by atoms with Gasteiger partial charge in [0.2, 0.25) is 0 Å². The van der Waals surface area contributed by atoms with E-state index in [1.54, 1.807) is 7.11 Å². The molecule has 4 fully saturated rings. The second kappa shape index (κ2) is 7.37. The summed E-state index contributed by atoms with van der Waals surface area (Å²) in [4.78, 5) is 13.6. The lowest BCUT2D eigenvalue weighted by Gasteiger charge is -2.57. The monoisotopic (exact) mass is 387 g/mol. The summed E-state index contributed by atoms with van der Waals surface area (Å²) in [5.74, 6) is 3.32. The van der Waals surface area contributed by atoms with Gasteiger partial charge in [-0.25, -0.2) is 0 Å². The van der Waals surface area contributed by atoms with Crippen molar-refractivity contribution in [1.82, 2.24) is 5.32 Å². The van der Waals surface area contributed by atoms with E-state index in [1.165, 1.54) is 19.3 Å². The Labute approximate surface area is 173 Å². The number of amides is 1. The summed E-state index contributed by atoms with van der Waals surface area (Å²) < 4.78 is 5.27. The van der Waals surface area contributed by atoms with Crippen molar-refractivity contribution in [1.29, 1.82) is 0 Å². The highest BCUT2D eigenvalue weighted by atomic mass is 16.5. The predicted octanol–water partition coefficient (Wildman–Crippen LogP) is 5.32. The Kier molecular flexibility index (Phi) is 4.69. The lowest BCUT2D eigenvalue weighted by Crippen LogP contribution is -2.59. The second-order valence-electron chi connectivity index (χ2n) is 9.35. The first-order valence-corrected chi connectivity index (χ1v) is 10.9. The fourth-order valence-electron chi connectivity index (χ4n) is 6.34. The third-order valence-corrected chi connectivity index (χ3v) is 7.17. The average Bonchev–Trinajstić information content (AvgIpc) is 2.71.